The molecule has 0 N–H and O–H groups in total. The SMILES string of the molecule is CC/C=C\C/C=C\C/C=C\C/C=C\C/C=C\C/C=C\CCCCCCCCCCC(=O)OCC(COC(=O)CCCCCCCCCCCC)OC(=O)CCCCCCCCC/C=C\CCCCCCCC. The van der Waals surface area contributed by atoms with Crippen LogP contribution in [0.1, 0.15) is 297 Å². The minimum atomic E-state index is -0.780. The summed E-state index contributed by atoms with van der Waals surface area (Å²) < 4.78 is 16.9. The fraction of sp³-hybridized carbons (Fsp3) is 0.742. The highest BCUT2D eigenvalue weighted by Gasteiger charge is 2.19. The van der Waals surface area contributed by atoms with Gasteiger partial charge < -0.3 is 14.2 Å². The van der Waals surface area contributed by atoms with Gasteiger partial charge in [0.2, 0.25) is 0 Å². The van der Waals surface area contributed by atoms with Gasteiger partial charge in [0.15, 0.2) is 6.10 Å². The van der Waals surface area contributed by atoms with E-state index in [4.69, 9.17) is 14.2 Å². The minimum absolute atomic E-state index is 0.0781. The van der Waals surface area contributed by atoms with Crippen molar-refractivity contribution in [3.05, 3.63) is 85.1 Å². The third kappa shape index (κ3) is 57.5. The number of carbonyl (C=O) groups is 3. The van der Waals surface area contributed by atoms with Gasteiger partial charge in [-0.25, -0.2) is 0 Å². The van der Waals surface area contributed by atoms with E-state index in [1.54, 1.807) is 0 Å². The van der Waals surface area contributed by atoms with Crippen molar-refractivity contribution >= 4 is 17.9 Å². The quantitative estimate of drug-likeness (QED) is 0.0261. The molecule has 0 amide bonds. The molecular weight excluding hydrogens is 889 g/mol. The molecule has 0 radical (unpaired) electrons. The number of hydrogen-bond donors (Lipinski definition) is 0. The van der Waals surface area contributed by atoms with Gasteiger partial charge >= 0.3 is 17.9 Å². The molecule has 414 valence electrons. The lowest BCUT2D eigenvalue weighted by atomic mass is 10.1. The van der Waals surface area contributed by atoms with Crippen LogP contribution in [0.5, 0.6) is 0 Å². The van der Waals surface area contributed by atoms with Crippen LogP contribution >= 0.6 is 0 Å². The molecule has 6 nitrogen and oxygen atoms in total. The lowest BCUT2D eigenvalue weighted by Gasteiger charge is -2.18. The van der Waals surface area contributed by atoms with Crippen molar-refractivity contribution in [3.63, 3.8) is 0 Å². The molecule has 0 saturated heterocycles. The molecule has 0 aliphatic rings. The lowest BCUT2D eigenvalue weighted by molar-refractivity contribution is -0.167. The zero-order valence-corrected chi connectivity index (χ0v) is 47.4. The Morgan fingerprint density at radius 1 is 0.292 bits per heavy atom. The number of unbranched alkanes of at least 4 members (excludes halogenated alkanes) is 30. The van der Waals surface area contributed by atoms with E-state index in [-0.39, 0.29) is 31.1 Å². The molecule has 1 atom stereocenters. The maximum atomic E-state index is 12.9. The van der Waals surface area contributed by atoms with Gasteiger partial charge in [-0.05, 0) is 96.3 Å². The third-order valence-corrected chi connectivity index (χ3v) is 13.1. The Labute approximate surface area is 445 Å². The molecule has 0 heterocycles. The predicted octanol–water partition coefficient (Wildman–Crippen LogP) is 20.7. The molecule has 0 spiro atoms. The lowest BCUT2D eigenvalue weighted by Crippen LogP contribution is -2.30. The van der Waals surface area contributed by atoms with Gasteiger partial charge in [0.05, 0.1) is 0 Å². The van der Waals surface area contributed by atoms with Crippen molar-refractivity contribution in [1.82, 2.24) is 0 Å². The third-order valence-electron chi connectivity index (χ3n) is 13.1. The van der Waals surface area contributed by atoms with Crippen LogP contribution in [0.4, 0.5) is 0 Å². The first kappa shape index (κ1) is 68.6. The second kappa shape index (κ2) is 60.1. The first-order valence-corrected chi connectivity index (χ1v) is 30.6. The normalized spacial score (nSPS) is 12.7. The molecule has 0 aromatic rings. The van der Waals surface area contributed by atoms with E-state index in [1.807, 2.05) is 0 Å². The number of hydrogen-bond acceptors (Lipinski definition) is 6. The zero-order chi connectivity index (χ0) is 52.2. The summed E-state index contributed by atoms with van der Waals surface area (Å²) >= 11 is 0. The largest absolute Gasteiger partial charge is 0.462 e. The summed E-state index contributed by atoms with van der Waals surface area (Å²) in [6, 6.07) is 0. The summed E-state index contributed by atoms with van der Waals surface area (Å²) in [4.78, 5) is 38.1. The molecular formula is C66H114O6. The molecule has 0 aromatic heterocycles. The van der Waals surface area contributed by atoms with Gasteiger partial charge in [-0.3, -0.25) is 14.4 Å². The summed E-state index contributed by atoms with van der Waals surface area (Å²) in [6.07, 6.45) is 78.7. The Bertz CT molecular complexity index is 1380. The number of allylic oxidation sites excluding steroid dienone is 14. The van der Waals surface area contributed by atoms with Crippen LogP contribution in [-0.2, 0) is 28.6 Å². The average Bonchev–Trinajstić information content (AvgIpc) is 3.38. The van der Waals surface area contributed by atoms with Crippen molar-refractivity contribution < 1.29 is 28.6 Å². The molecule has 0 fully saturated rings. The van der Waals surface area contributed by atoms with Crippen molar-refractivity contribution in [3.8, 4) is 0 Å². The number of ether oxygens (including phenoxy) is 3. The van der Waals surface area contributed by atoms with Crippen molar-refractivity contribution in [2.75, 3.05) is 13.2 Å². The predicted molar refractivity (Wildman–Crippen MR) is 311 cm³/mol. The monoisotopic (exact) mass is 1000 g/mol. The first-order valence-electron chi connectivity index (χ1n) is 30.6. The summed E-state index contributed by atoms with van der Waals surface area (Å²) in [5.74, 6) is -0.884. The minimum Gasteiger partial charge on any atom is -0.462 e. The number of rotatable bonds is 55. The Morgan fingerprint density at radius 3 is 0.861 bits per heavy atom. The average molecular weight is 1000 g/mol. The smallest absolute Gasteiger partial charge is 0.306 e. The van der Waals surface area contributed by atoms with Gasteiger partial charge in [-0.1, -0.05) is 266 Å². The highest BCUT2D eigenvalue weighted by molar-refractivity contribution is 5.71. The maximum absolute atomic E-state index is 12.9. The molecule has 0 rings (SSSR count). The van der Waals surface area contributed by atoms with Crippen LogP contribution in [0.3, 0.4) is 0 Å². The van der Waals surface area contributed by atoms with Gasteiger partial charge in [0, 0.05) is 19.3 Å². The van der Waals surface area contributed by atoms with Crippen molar-refractivity contribution in [2.24, 2.45) is 0 Å². The molecule has 6 heteroatoms. The molecule has 0 aromatic carbocycles. The molecule has 0 aliphatic heterocycles. The van der Waals surface area contributed by atoms with E-state index < -0.39 is 6.10 Å². The topological polar surface area (TPSA) is 78.9 Å². The fourth-order valence-electron chi connectivity index (χ4n) is 8.56. The summed E-state index contributed by atoms with van der Waals surface area (Å²) in [5.41, 5.74) is 0. The van der Waals surface area contributed by atoms with Crippen LogP contribution in [0.25, 0.3) is 0 Å². The maximum Gasteiger partial charge on any atom is 0.306 e. The highest BCUT2D eigenvalue weighted by Crippen LogP contribution is 2.16. The summed E-state index contributed by atoms with van der Waals surface area (Å²) in [5, 5.41) is 0. The van der Waals surface area contributed by atoms with Gasteiger partial charge in [0.1, 0.15) is 13.2 Å². The highest BCUT2D eigenvalue weighted by atomic mass is 16.6. The van der Waals surface area contributed by atoms with E-state index >= 15 is 0 Å². The second-order valence-electron chi connectivity index (χ2n) is 20.2. The first-order chi connectivity index (χ1) is 35.5. The van der Waals surface area contributed by atoms with Crippen molar-refractivity contribution in [2.45, 2.75) is 303 Å². The van der Waals surface area contributed by atoms with E-state index in [2.05, 4.69) is 106 Å². The van der Waals surface area contributed by atoms with E-state index in [9.17, 15) is 14.4 Å². The Hall–Kier alpha value is -3.41. The van der Waals surface area contributed by atoms with Crippen LogP contribution in [-0.4, -0.2) is 37.2 Å². The molecule has 1 unspecified atom stereocenters. The summed E-state index contributed by atoms with van der Waals surface area (Å²) in [7, 11) is 0. The van der Waals surface area contributed by atoms with E-state index in [0.29, 0.717) is 19.3 Å². The standard InChI is InChI=1S/C66H114O6/c1-4-7-10-13-16-19-22-24-26-28-29-30-31-32-33-34-35-36-37-39-40-42-44-47-50-53-56-59-65(68)71-62-63(61-70-64(67)58-55-52-49-46-21-18-15-12-9-6-3)72-66(69)60-57-54-51-48-45-43-41-38-27-25-23-20-17-14-11-8-5-2/h7,10,16,19,24-27,29-30,32-33,35-36,63H,4-6,8-9,11-15,17-18,20-23,28,31,34,37-62H2,1-3H3/b10-7-,19-16-,26-24-,27-25-,30-29-,33-32-,36-35-. The van der Waals surface area contributed by atoms with Gasteiger partial charge in [0.25, 0.3) is 0 Å². The van der Waals surface area contributed by atoms with Gasteiger partial charge in [-0.2, -0.15) is 0 Å². The van der Waals surface area contributed by atoms with E-state index in [1.165, 1.54) is 154 Å². The molecule has 72 heavy (non-hydrogen) atoms. The van der Waals surface area contributed by atoms with Crippen LogP contribution in [0.15, 0.2) is 85.1 Å². The Balaban J connectivity index is 4.27. The van der Waals surface area contributed by atoms with Crippen molar-refractivity contribution in [1.29, 1.82) is 0 Å². The number of esters is 3. The van der Waals surface area contributed by atoms with Crippen LogP contribution < -0.4 is 0 Å². The zero-order valence-electron chi connectivity index (χ0n) is 47.4. The van der Waals surface area contributed by atoms with Crippen LogP contribution in [0, 0.1) is 0 Å². The molecule has 0 aliphatic carbocycles. The van der Waals surface area contributed by atoms with Gasteiger partial charge in [-0.15, -0.1) is 0 Å². The van der Waals surface area contributed by atoms with E-state index in [0.717, 1.165) is 103 Å². The molecule has 0 bridgehead atoms. The van der Waals surface area contributed by atoms with Crippen LogP contribution in [0.2, 0.25) is 0 Å². The Morgan fingerprint density at radius 2 is 0.542 bits per heavy atom. The fourth-order valence-corrected chi connectivity index (χ4v) is 8.56. The summed E-state index contributed by atoms with van der Waals surface area (Å²) in [6.45, 7) is 6.52. The Kier molecular flexibility index (Phi) is 57.3. The number of carbonyl (C=O) groups excluding carboxylic acids is 3. The second-order valence-corrected chi connectivity index (χ2v) is 20.2. The molecule has 0 saturated carbocycles.